The van der Waals surface area contributed by atoms with Gasteiger partial charge in [0.25, 0.3) is 0 Å². The van der Waals surface area contributed by atoms with Crippen molar-refractivity contribution in [3.8, 4) is 0 Å². The molecule has 14 heavy (non-hydrogen) atoms. The van der Waals surface area contributed by atoms with Gasteiger partial charge in [0, 0.05) is 19.7 Å². The van der Waals surface area contributed by atoms with Gasteiger partial charge in [-0.05, 0) is 13.3 Å². The quantitative estimate of drug-likeness (QED) is 0.668. The summed E-state index contributed by atoms with van der Waals surface area (Å²) in [6.07, 6.45) is 0.885. The largest absolute Gasteiger partial charge is 0.393 e. The second-order valence-electron chi connectivity index (χ2n) is 3.42. The molecule has 0 saturated carbocycles. The molecule has 0 aromatic rings. The minimum atomic E-state index is -0.358. The normalized spacial score (nSPS) is 19.9. The smallest absolute Gasteiger partial charge is 0.232 e. The van der Waals surface area contributed by atoms with Gasteiger partial charge in [-0.25, -0.2) is 0 Å². The molecule has 1 unspecified atom stereocenters. The van der Waals surface area contributed by atoms with Crippen LogP contribution >= 0.6 is 12.2 Å². The molecule has 0 aromatic carbocycles. The number of nitrogens with zero attached hydrogens (tertiary/aromatic N) is 1. The van der Waals surface area contributed by atoms with Gasteiger partial charge in [-0.15, -0.1) is 0 Å². The highest BCUT2D eigenvalue weighted by Gasteiger charge is 2.22. The zero-order valence-corrected chi connectivity index (χ0v) is 9.18. The van der Waals surface area contributed by atoms with E-state index in [1.54, 1.807) is 11.8 Å². The number of thiocarbonyl (C=S) groups is 1. The van der Waals surface area contributed by atoms with E-state index in [1.807, 2.05) is 0 Å². The van der Waals surface area contributed by atoms with Crippen LogP contribution in [-0.2, 0) is 9.53 Å². The highest BCUT2D eigenvalue weighted by atomic mass is 32.1. The number of hydrogen-bond acceptors (Lipinski definition) is 3. The van der Waals surface area contributed by atoms with Gasteiger partial charge in [0.05, 0.1) is 17.5 Å². The summed E-state index contributed by atoms with van der Waals surface area (Å²) in [6, 6.07) is 0. The molecule has 0 aliphatic carbocycles. The number of amides is 1. The number of carbonyl (C=O) groups is 1. The Labute approximate surface area is 89.4 Å². The molecule has 4 nitrogen and oxygen atoms in total. The molecule has 80 valence electrons. The van der Waals surface area contributed by atoms with E-state index in [1.165, 1.54) is 0 Å². The Morgan fingerprint density at radius 3 is 2.86 bits per heavy atom. The van der Waals surface area contributed by atoms with E-state index < -0.39 is 0 Å². The Morgan fingerprint density at radius 1 is 1.50 bits per heavy atom. The molecule has 0 spiro atoms. The number of hydrogen-bond donors (Lipinski definition) is 1. The fraction of sp³-hybridized carbons (Fsp3) is 0.778. The van der Waals surface area contributed by atoms with Crippen molar-refractivity contribution in [3.05, 3.63) is 0 Å². The molecule has 5 heteroatoms. The molecule has 1 rings (SSSR count). The fourth-order valence-corrected chi connectivity index (χ4v) is 1.46. The Kier molecular flexibility index (Phi) is 4.28. The number of rotatable bonds is 2. The van der Waals surface area contributed by atoms with Crippen LogP contribution in [0.25, 0.3) is 0 Å². The monoisotopic (exact) mass is 216 g/mol. The molecule has 0 bridgehead atoms. The van der Waals surface area contributed by atoms with Gasteiger partial charge < -0.3 is 15.4 Å². The molecule has 2 N–H and O–H groups in total. The Bertz CT molecular complexity index is 225. The van der Waals surface area contributed by atoms with Crippen molar-refractivity contribution in [2.75, 3.05) is 26.3 Å². The summed E-state index contributed by atoms with van der Waals surface area (Å²) in [5, 5.41) is 0. The third-order valence-corrected chi connectivity index (χ3v) is 2.68. The summed E-state index contributed by atoms with van der Waals surface area (Å²) in [4.78, 5) is 13.8. The van der Waals surface area contributed by atoms with Crippen LogP contribution in [0, 0.1) is 5.92 Å². The molecule has 1 saturated heterocycles. The number of ether oxygens (including phenoxy) is 1. The van der Waals surface area contributed by atoms with Crippen LogP contribution in [0.2, 0.25) is 0 Å². The molecule has 1 amide bonds. The summed E-state index contributed by atoms with van der Waals surface area (Å²) in [5.74, 6) is -0.342. The maximum absolute atomic E-state index is 11.8. The van der Waals surface area contributed by atoms with Gasteiger partial charge in [0.1, 0.15) is 0 Å². The van der Waals surface area contributed by atoms with Crippen molar-refractivity contribution >= 4 is 23.1 Å². The molecule has 0 radical (unpaired) electrons. The lowest BCUT2D eigenvalue weighted by Crippen LogP contribution is -2.41. The average Bonchev–Trinajstić information content (AvgIpc) is 2.43. The summed E-state index contributed by atoms with van der Waals surface area (Å²) in [5.41, 5.74) is 5.44. The molecule has 1 atom stereocenters. The SMILES string of the molecule is CC(C(=O)N1CCCOCC1)C(N)=S. The predicted molar refractivity (Wildman–Crippen MR) is 58.0 cm³/mol. The third kappa shape index (κ3) is 2.92. The van der Waals surface area contributed by atoms with Crippen LogP contribution in [0.1, 0.15) is 13.3 Å². The molecule has 1 heterocycles. The van der Waals surface area contributed by atoms with Crippen LogP contribution in [0.3, 0.4) is 0 Å². The van der Waals surface area contributed by atoms with Crippen molar-refractivity contribution in [1.29, 1.82) is 0 Å². The lowest BCUT2D eigenvalue weighted by Gasteiger charge is -2.22. The van der Waals surface area contributed by atoms with Gasteiger partial charge in [-0.3, -0.25) is 4.79 Å². The first-order valence-corrected chi connectivity index (χ1v) is 5.19. The Morgan fingerprint density at radius 2 is 2.21 bits per heavy atom. The summed E-state index contributed by atoms with van der Waals surface area (Å²) in [6.45, 7) is 4.47. The average molecular weight is 216 g/mol. The van der Waals surface area contributed by atoms with Gasteiger partial charge in [-0.2, -0.15) is 0 Å². The van der Waals surface area contributed by atoms with Crippen LogP contribution in [0.5, 0.6) is 0 Å². The maximum Gasteiger partial charge on any atom is 0.232 e. The summed E-state index contributed by atoms with van der Waals surface area (Å²) < 4.78 is 5.26. The predicted octanol–water partition coefficient (Wildman–Crippen LogP) is 0.158. The standard InChI is InChI=1S/C9H16N2O2S/c1-7(8(10)14)9(12)11-3-2-5-13-6-4-11/h7H,2-6H2,1H3,(H2,10,14). The van der Waals surface area contributed by atoms with Crippen molar-refractivity contribution in [2.45, 2.75) is 13.3 Å². The first-order valence-electron chi connectivity index (χ1n) is 4.79. The highest BCUT2D eigenvalue weighted by Crippen LogP contribution is 2.06. The molecule has 1 fully saturated rings. The van der Waals surface area contributed by atoms with Crippen LogP contribution in [0.4, 0.5) is 0 Å². The lowest BCUT2D eigenvalue weighted by atomic mass is 10.1. The first kappa shape index (κ1) is 11.4. The van der Waals surface area contributed by atoms with Gasteiger partial charge in [0.15, 0.2) is 0 Å². The van der Waals surface area contributed by atoms with Gasteiger partial charge >= 0.3 is 0 Å². The van der Waals surface area contributed by atoms with E-state index in [0.29, 0.717) is 13.2 Å². The first-order chi connectivity index (χ1) is 6.63. The van der Waals surface area contributed by atoms with E-state index in [4.69, 9.17) is 22.7 Å². The van der Waals surface area contributed by atoms with Crippen molar-refractivity contribution in [2.24, 2.45) is 11.7 Å². The van der Waals surface area contributed by atoms with E-state index >= 15 is 0 Å². The summed E-state index contributed by atoms with van der Waals surface area (Å²) >= 11 is 4.80. The lowest BCUT2D eigenvalue weighted by molar-refractivity contribution is -0.132. The van der Waals surface area contributed by atoms with Crippen molar-refractivity contribution in [1.82, 2.24) is 4.90 Å². The topological polar surface area (TPSA) is 55.6 Å². The Hall–Kier alpha value is -0.680. The minimum absolute atomic E-state index is 0.0167. The molecular formula is C9H16N2O2S. The molecular weight excluding hydrogens is 200 g/mol. The van der Waals surface area contributed by atoms with E-state index in [0.717, 1.165) is 19.6 Å². The van der Waals surface area contributed by atoms with E-state index in [2.05, 4.69) is 0 Å². The molecule has 1 aliphatic rings. The second kappa shape index (κ2) is 5.26. The Balaban J connectivity index is 2.53. The number of nitrogens with two attached hydrogens (primary N) is 1. The highest BCUT2D eigenvalue weighted by molar-refractivity contribution is 7.80. The maximum atomic E-state index is 11.8. The summed E-state index contributed by atoms with van der Waals surface area (Å²) in [7, 11) is 0. The van der Waals surface area contributed by atoms with Crippen molar-refractivity contribution < 1.29 is 9.53 Å². The van der Waals surface area contributed by atoms with Gasteiger partial charge in [0.2, 0.25) is 5.91 Å². The van der Waals surface area contributed by atoms with Crippen molar-refractivity contribution in [3.63, 3.8) is 0 Å². The number of carbonyl (C=O) groups excluding carboxylic acids is 1. The van der Waals surface area contributed by atoms with Crippen LogP contribution in [-0.4, -0.2) is 42.1 Å². The van der Waals surface area contributed by atoms with Crippen LogP contribution < -0.4 is 5.73 Å². The van der Waals surface area contributed by atoms with E-state index in [9.17, 15) is 4.79 Å². The zero-order chi connectivity index (χ0) is 10.6. The zero-order valence-electron chi connectivity index (χ0n) is 8.36. The molecule has 0 aromatic heterocycles. The van der Waals surface area contributed by atoms with Crippen LogP contribution in [0.15, 0.2) is 0 Å². The van der Waals surface area contributed by atoms with E-state index in [-0.39, 0.29) is 16.8 Å². The van der Waals surface area contributed by atoms with Gasteiger partial charge in [-0.1, -0.05) is 12.2 Å². The second-order valence-corrected chi connectivity index (χ2v) is 3.89. The molecule has 1 aliphatic heterocycles. The minimum Gasteiger partial charge on any atom is -0.393 e. The fourth-order valence-electron chi connectivity index (χ4n) is 1.36. The third-order valence-electron chi connectivity index (χ3n) is 2.33.